The van der Waals surface area contributed by atoms with E-state index in [1.807, 2.05) is 12.1 Å². The van der Waals surface area contributed by atoms with E-state index in [1.54, 1.807) is 30.3 Å². The van der Waals surface area contributed by atoms with Crippen LogP contribution in [0.5, 0.6) is 0 Å². The number of carbonyl (C=O) groups is 4. The molecule has 0 N–H and O–H groups in total. The first-order valence-electron chi connectivity index (χ1n) is 12.1. The summed E-state index contributed by atoms with van der Waals surface area (Å²) in [5.41, 5.74) is 2.66. The number of hydrogen-bond donors (Lipinski definition) is 0. The van der Waals surface area contributed by atoms with E-state index in [4.69, 9.17) is 40.5 Å². The zero-order valence-electron chi connectivity index (χ0n) is 21.8. The van der Waals surface area contributed by atoms with Crippen LogP contribution in [-0.2, 0) is 49.3 Å². The molecule has 0 aliphatic carbocycles. The van der Waals surface area contributed by atoms with Crippen LogP contribution in [0.2, 0.25) is 5.02 Å². The number of carbonyl (C=O) groups excluding carboxylic acids is 4. The summed E-state index contributed by atoms with van der Waals surface area (Å²) in [5.74, 6) is -2.69. The van der Waals surface area contributed by atoms with Crippen molar-refractivity contribution in [1.82, 2.24) is 0 Å². The molecule has 206 valence electrons. The van der Waals surface area contributed by atoms with E-state index in [0.29, 0.717) is 28.1 Å². The lowest BCUT2D eigenvalue weighted by molar-refractivity contribution is -0.254. The van der Waals surface area contributed by atoms with Gasteiger partial charge in [0.15, 0.2) is 18.3 Å². The Labute approximate surface area is 230 Å². The van der Waals surface area contributed by atoms with Crippen molar-refractivity contribution < 1.29 is 42.9 Å². The molecule has 3 unspecified atom stereocenters. The van der Waals surface area contributed by atoms with E-state index < -0.39 is 54.4 Å². The molecule has 0 bridgehead atoms. The molecule has 1 heterocycles. The lowest BCUT2D eigenvalue weighted by Gasteiger charge is -2.44. The van der Waals surface area contributed by atoms with Crippen molar-refractivity contribution in [2.75, 3.05) is 6.61 Å². The van der Waals surface area contributed by atoms with Crippen LogP contribution in [0.4, 0.5) is 0 Å². The van der Waals surface area contributed by atoms with Gasteiger partial charge in [0.25, 0.3) is 0 Å². The van der Waals surface area contributed by atoms with E-state index in [1.165, 1.54) is 20.8 Å². The topological polar surface area (TPSA) is 138 Å². The van der Waals surface area contributed by atoms with E-state index in [0.717, 1.165) is 12.5 Å². The summed E-state index contributed by atoms with van der Waals surface area (Å²) in [5, 5.41) is 9.52. The van der Waals surface area contributed by atoms with Gasteiger partial charge in [0.1, 0.15) is 18.8 Å². The van der Waals surface area contributed by atoms with E-state index in [-0.39, 0.29) is 6.61 Å². The highest BCUT2D eigenvalue weighted by molar-refractivity contribution is 6.31. The number of halogens is 1. The molecule has 2 aromatic rings. The SMILES string of the molecule is CC(=O)OCC1O[C@@H](c2ccc(Cl)c(Cc3ccc(C#N)cc3)c2)[C@H](OC(C)=O)C(OC(C)=O)C1OC(C)=O. The molecule has 0 saturated carbocycles. The van der Waals surface area contributed by atoms with Crippen molar-refractivity contribution in [3.63, 3.8) is 0 Å². The van der Waals surface area contributed by atoms with Crippen LogP contribution >= 0.6 is 11.6 Å². The molecule has 1 fully saturated rings. The summed E-state index contributed by atoms with van der Waals surface area (Å²) in [7, 11) is 0. The van der Waals surface area contributed by atoms with Crippen molar-refractivity contribution in [2.45, 2.75) is 64.6 Å². The van der Waals surface area contributed by atoms with Gasteiger partial charge in [-0.3, -0.25) is 19.2 Å². The molecule has 3 rings (SSSR count). The van der Waals surface area contributed by atoms with Crippen LogP contribution < -0.4 is 0 Å². The molecule has 11 heteroatoms. The summed E-state index contributed by atoms with van der Waals surface area (Å²) in [6.45, 7) is 4.40. The van der Waals surface area contributed by atoms with Gasteiger partial charge >= 0.3 is 23.9 Å². The van der Waals surface area contributed by atoms with Crippen molar-refractivity contribution in [3.8, 4) is 6.07 Å². The van der Waals surface area contributed by atoms with Gasteiger partial charge in [-0.1, -0.05) is 35.9 Å². The third-order valence-electron chi connectivity index (χ3n) is 5.87. The van der Waals surface area contributed by atoms with Crippen LogP contribution in [0.25, 0.3) is 0 Å². The Balaban J connectivity index is 2.06. The molecule has 1 saturated heterocycles. The molecule has 0 amide bonds. The van der Waals surface area contributed by atoms with Gasteiger partial charge in [-0.2, -0.15) is 5.26 Å². The predicted molar refractivity (Wildman–Crippen MR) is 136 cm³/mol. The number of nitriles is 1. The molecular formula is C28H28ClNO9. The third-order valence-corrected chi connectivity index (χ3v) is 6.24. The minimum absolute atomic E-state index is 0.319. The molecule has 2 aromatic carbocycles. The van der Waals surface area contributed by atoms with Crippen LogP contribution in [0.3, 0.4) is 0 Å². The summed E-state index contributed by atoms with van der Waals surface area (Å²) in [6.07, 6.45) is -5.37. The fourth-order valence-corrected chi connectivity index (χ4v) is 4.51. The maximum atomic E-state index is 12.1. The maximum absolute atomic E-state index is 12.1. The first kappa shape index (κ1) is 29.6. The number of nitrogens with zero attached hydrogens (tertiary/aromatic N) is 1. The molecule has 10 nitrogen and oxygen atoms in total. The Hall–Kier alpha value is -3.94. The van der Waals surface area contributed by atoms with E-state index >= 15 is 0 Å². The Morgan fingerprint density at radius 1 is 0.846 bits per heavy atom. The summed E-state index contributed by atoms with van der Waals surface area (Å²) in [4.78, 5) is 47.7. The fourth-order valence-electron chi connectivity index (χ4n) is 4.32. The third kappa shape index (κ3) is 8.02. The van der Waals surface area contributed by atoms with E-state index in [2.05, 4.69) is 6.07 Å². The molecular weight excluding hydrogens is 530 g/mol. The Bertz CT molecular complexity index is 1270. The highest BCUT2D eigenvalue weighted by Gasteiger charge is 2.52. The zero-order chi connectivity index (χ0) is 28.7. The molecule has 39 heavy (non-hydrogen) atoms. The first-order valence-corrected chi connectivity index (χ1v) is 12.4. The van der Waals surface area contributed by atoms with Crippen LogP contribution in [-0.4, -0.2) is 54.9 Å². The van der Waals surface area contributed by atoms with Crippen LogP contribution in [0.1, 0.15) is 56.1 Å². The number of benzene rings is 2. The fraction of sp³-hybridized carbons (Fsp3) is 0.393. The Kier molecular flexibility index (Phi) is 10.0. The lowest BCUT2D eigenvalue weighted by atomic mass is 9.89. The van der Waals surface area contributed by atoms with Gasteiger partial charge < -0.3 is 23.7 Å². The quantitative estimate of drug-likeness (QED) is 0.349. The summed E-state index contributed by atoms with van der Waals surface area (Å²) >= 11 is 6.49. The van der Waals surface area contributed by atoms with Gasteiger partial charge in [-0.25, -0.2) is 0 Å². The highest BCUT2D eigenvalue weighted by atomic mass is 35.5. The average molecular weight is 558 g/mol. The van der Waals surface area contributed by atoms with Crippen molar-refractivity contribution in [3.05, 3.63) is 69.7 Å². The van der Waals surface area contributed by atoms with Gasteiger partial charge in [0, 0.05) is 32.7 Å². The smallest absolute Gasteiger partial charge is 0.303 e. The monoisotopic (exact) mass is 557 g/mol. The largest absolute Gasteiger partial charge is 0.463 e. The second-order valence-electron chi connectivity index (χ2n) is 8.96. The van der Waals surface area contributed by atoms with Crippen molar-refractivity contribution >= 4 is 35.5 Å². The number of rotatable bonds is 8. The number of esters is 4. The Morgan fingerprint density at radius 2 is 1.44 bits per heavy atom. The van der Waals surface area contributed by atoms with Crippen molar-refractivity contribution in [1.29, 1.82) is 5.26 Å². The van der Waals surface area contributed by atoms with Gasteiger partial charge in [0.2, 0.25) is 0 Å². The standard InChI is InChI=1S/C28H28ClNO9/c1-15(31)35-14-24-26(36-16(2)32)28(38-18(4)34)27(37-17(3)33)25(39-24)21-9-10-23(29)22(12-21)11-19-5-7-20(13-30)8-6-19/h5-10,12,24-28H,11,14H2,1-4H3/t24?,25-,26?,27-,28?/m0/s1. The highest BCUT2D eigenvalue weighted by Crippen LogP contribution is 2.39. The molecule has 0 radical (unpaired) electrons. The Morgan fingerprint density at radius 3 is 2.00 bits per heavy atom. The lowest BCUT2D eigenvalue weighted by Crippen LogP contribution is -2.59. The number of ether oxygens (including phenoxy) is 5. The molecule has 0 aromatic heterocycles. The average Bonchev–Trinajstić information content (AvgIpc) is 2.86. The molecule has 5 atom stereocenters. The van der Waals surface area contributed by atoms with Crippen LogP contribution in [0, 0.1) is 11.3 Å². The minimum atomic E-state index is -1.27. The van der Waals surface area contributed by atoms with Crippen molar-refractivity contribution in [2.24, 2.45) is 0 Å². The second kappa shape index (κ2) is 13.2. The normalized spacial score (nSPS) is 22.2. The molecule has 1 aliphatic rings. The maximum Gasteiger partial charge on any atom is 0.303 e. The predicted octanol–water partition coefficient (Wildman–Crippen LogP) is 3.60. The summed E-state index contributed by atoms with van der Waals surface area (Å²) < 4.78 is 27.9. The van der Waals surface area contributed by atoms with Gasteiger partial charge in [-0.05, 0) is 41.3 Å². The number of hydrogen-bond acceptors (Lipinski definition) is 10. The second-order valence-corrected chi connectivity index (χ2v) is 9.36. The van der Waals surface area contributed by atoms with Gasteiger partial charge in [0.05, 0.1) is 11.6 Å². The minimum Gasteiger partial charge on any atom is -0.463 e. The molecule has 0 spiro atoms. The van der Waals surface area contributed by atoms with E-state index in [9.17, 15) is 19.2 Å². The first-order chi connectivity index (χ1) is 18.5. The van der Waals surface area contributed by atoms with Gasteiger partial charge in [-0.15, -0.1) is 0 Å². The molecule has 1 aliphatic heterocycles. The zero-order valence-corrected chi connectivity index (χ0v) is 22.6. The summed E-state index contributed by atoms with van der Waals surface area (Å²) in [6, 6.07) is 14.2. The van der Waals surface area contributed by atoms with Crippen LogP contribution in [0.15, 0.2) is 42.5 Å².